The number of hydrogen-bond donors (Lipinski definition) is 2. The summed E-state index contributed by atoms with van der Waals surface area (Å²) in [5.74, 6) is 1.85. The fourth-order valence-corrected chi connectivity index (χ4v) is 3.62. The van der Waals surface area contributed by atoms with Crippen LogP contribution < -0.4 is 15.4 Å². The van der Waals surface area contributed by atoms with Gasteiger partial charge in [-0.05, 0) is 45.4 Å². The minimum absolute atomic E-state index is 0.464. The quantitative estimate of drug-likeness (QED) is 0.501. The Morgan fingerprint density at radius 1 is 1.18 bits per heavy atom. The van der Waals surface area contributed by atoms with E-state index in [0.29, 0.717) is 6.04 Å². The minimum atomic E-state index is 0.464. The van der Waals surface area contributed by atoms with Gasteiger partial charge in [-0.15, -0.1) is 0 Å². The molecule has 0 spiro atoms. The maximum atomic E-state index is 5.48. The Morgan fingerprint density at radius 2 is 1.93 bits per heavy atom. The van der Waals surface area contributed by atoms with E-state index in [1.165, 1.54) is 24.2 Å². The second-order valence-corrected chi connectivity index (χ2v) is 7.53. The number of nitrogens with one attached hydrogen (secondary N) is 2. The van der Waals surface area contributed by atoms with E-state index < -0.39 is 0 Å². The monoisotopic (exact) mass is 389 g/mol. The molecule has 6 heteroatoms. The van der Waals surface area contributed by atoms with Gasteiger partial charge in [0, 0.05) is 45.3 Å². The normalized spacial score (nSPS) is 17.4. The number of methoxy groups -OCH3 is 1. The van der Waals surface area contributed by atoms with Gasteiger partial charge >= 0.3 is 0 Å². The molecule has 0 aliphatic carbocycles. The Kier molecular flexibility index (Phi) is 9.58. The molecule has 0 amide bonds. The number of nitrogens with zero attached hydrogens (tertiary/aromatic N) is 3. The number of ether oxygens (including phenoxy) is 1. The molecule has 158 valence electrons. The average Bonchev–Trinajstić information content (AvgIpc) is 2.72. The fraction of sp³-hybridized carbons (Fsp3) is 0.682. The van der Waals surface area contributed by atoms with Gasteiger partial charge in [0.25, 0.3) is 0 Å². The van der Waals surface area contributed by atoms with Gasteiger partial charge in [0.15, 0.2) is 5.96 Å². The molecule has 1 aromatic carbocycles. The first-order valence-corrected chi connectivity index (χ1v) is 10.7. The highest BCUT2D eigenvalue weighted by Crippen LogP contribution is 2.19. The highest BCUT2D eigenvalue weighted by atomic mass is 16.5. The van der Waals surface area contributed by atoms with Crippen LogP contribution in [0, 0.1) is 6.92 Å². The van der Waals surface area contributed by atoms with Crippen LogP contribution in [-0.2, 0) is 6.42 Å². The molecule has 1 aromatic rings. The van der Waals surface area contributed by atoms with Crippen molar-refractivity contribution in [3.8, 4) is 5.75 Å². The molecule has 1 aliphatic rings. The van der Waals surface area contributed by atoms with Crippen molar-refractivity contribution in [3.05, 3.63) is 29.3 Å². The highest BCUT2D eigenvalue weighted by Gasteiger charge is 2.19. The molecular formula is C22H39N5O. The molecule has 1 fully saturated rings. The van der Waals surface area contributed by atoms with Gasteiger partial charge in [-0.1, -0.05) is 24.6 Å². The van der Waals surface area contributed by atoms with Crippen molar-refractivity contribution in [3.63, 3.8) is 0 Å². The van der Waals surface area contributed by atoms with E-state index in [9.17, 15) is 0 Å². The molecule has 1 saturated heterocycles. The molecule has 0 radical (unpaired) electrons. The zero-order valence-electron chi connectivity index (χ0n) is 18.4. The molecule has 1 unspecified atom stereocenters. The highest BCUT2D eigenvalue weighted by molar-refractivity contribution is 5.79. The van der Waals surface area contributed by atoms with Crippen LogP contribution in [-0.4, -0.2) is 81.3 Å². The molecule has 6 nitrogen and oxygen atoms in total. The van der Waals surface area contributed by atoms with Crippen LogP contribution >= 0.6 is 0 Å². The summed E-state index contributed by atoms with van der Waals surface area (Å²) in [7, 11) is 1.73. The lowest BCUT2D eigenvalue weighted by Gasteiger charge is -2.37. The summed E-state index contributed by atoms with van der Waals surface area (Å²) in [5, 5.41) is 6.84. The third kappa shape index (κ3) is 6.99. The van der Waals surface area contributed by atoms with Gasteiger partial charge in [0.1, 0.15) is 5.75 Å². The number of likely N-dealkylation sites (N-methyl/N-ethyl adjacent to an activating group) is 1. The summed E-state index contributed by atoms with van der Waals surface area (Å²) in [5.41, 5.74) is 2.49. The van der Waals surface area contributed by atoms with Crippen molar-refractivity contribution in [1.82, 2.24) is 20.4 Å². The van der Waals surface area contributed by atoms with Gasteiger partial charge in [-0.25, -0.2) is 0 Å². The predicted molar refractivity (Wildman–Crippen MR) is 119 cm³/mol. The van der Waals surface area contributed by atoms with E-state index >= 15 is 0 Å². The second kappa shape index (κ2) is 11.9. The molecule has 2 rings (SSSR count). The maximum absolute atomic E-state index is 5.48. The van der Waals surface area contributed by atoms with Crippen molar-refractivity contribution in [1.29, 1.82) is 0 Å². The SMILES string of the molecule is CCNC(=NCC(C)N1CCN(CC)CC1)NCCc1cc(C)ccc1OC. The van der Waals surface area contributed by atoms with Crippen LogP contribution in [0.3, 0.4) is 0 Å². The number of guanidine groups is 1. The Bertz CT molecular complexity index is 611. The number of aryl methyl sites for hydroxylation is 1. The zero-order chi connectivity index (χ0) is 20.4. The van der Waals surface area contributed by atoms with E-state index in [-0.39, 0.29) is 0 Å². The maximum Gasteiger partial charge on any atom is 0.191 e. The van der Waals surface area contributed by atoms with Crippen LogP contribution in [0.1, 0.15) is 31.9 Å². The molecule has 0 bridgehead atoms. The Morgan fingerprint density at radius 3 is 2.57 bits per heavy atom. The molecule has 1 heterocycles. The summed E-state index contributed by atoms with van der Waals surface area (Å²) >= 11 is 0. The van der Waals surface area contributed by atoms with Crippen LogP contribution in [0.2, 0.25) is 0 Å². The average molecular weight is 390 g/mol. The Labute approximate surface area is 171 Å². The van der Waals surface area contributed by atoms with Gasteiger partial charge in [0.05, 0.1) is 13.7 Å². The largest absolute Gasteiger partial charge is 0.496 e. The van der Waals surface area contributed by atoms with E-state index in [1.54, 1.807) is 7.11 Å². The first-order chi connectivity index (χ1) is 13.6. The van der Waals surface area contributed by atoms with Gasteiger partial charge in [-0.3, -0.25) is 9.89 Å². The smallest absolute Gasteiger partial charge is 0.191 e. The first kappa shape index (κ1) is 22.5. The molecule has 1 atom stereocenters. The van der Waals surface area contributed by atoms with Crippen LogP contribution in [0.15, 0.2) is 23.2 Å². The van der Waals surface area contributed by atoms with Crippen LogP contribution in [0.25, 0.3) is 0 Å². The lowest BCUT2D eigenvalue weighted by molar-refractivity contribution is 0.109. The first-order valence-electron chi connectivity index (χ1n) is 10.7. The lowest BCUT2D eigenvalue weighted by atomic mass is 10.1. The van der Waals surface area contributed by atoms with E-state index in [4.69, 9.17) is 9.73 Å². The molecular weight excluding hydrogens is 350 g/mol. The number of hydrogen-bond acceptors (Lipinski definition) is 4. The predicted octanol–water partition coefficient (Wildman–Crippen LogP) is 2.13. The standard InChI is InChI=1S/C22H39N5O/c1-6-23-22(24-11-10-20-16-18(3)8-9-21(20)28-5)25-17-19(4)27-14-12-26(7-2)13-15-27/h8-9,16,19H,6-7,10-15,17H2,1-5H3,(H2,23,24,25). The van der Waals surface area contributed by atoms with Crippen LogP contribution in [0.5, 0.6) is 5.75 Å². The Hall–Kier alpha value is -1.79. The Balaban J connectivity index is 1.84. The summed E-state index contributed by atoms with van der Waals surface area (Å²) in [6.45, 7) is 17.0. The van der Waals surface area contributed by atoms with E-state index in [0.717, 1.165) is 57.4 Å². The molecule has 28 heavy (non-hydrogen) atoms. The van der Waals surface area contributed by atoms with Gasteiger partial charge < -0.3 is 20.3 Å². The third-order valence-corrected chi connectivity index (χ3v) is 5.46. The molecule has 0 aromatic heterocycles. The summed E-state index contributed by atoms with van der Waals surface area (Å²) in [6, 6.07) is 6.79. The number of benzene rings is 1. The minimum Gasteiger partial charge on any atom is -0.496 e. The zero-order valence-corrected chi connectivity index (χ0v) is 18.4. The number of piperazine rings is 1. The molecule has 1 aliphatic heterocycles. The third-order valence-electron chi connectivity index (χ3n) is 5.46. The summed E-state index contributed by atoms with van der Waals surface area (Å²) in [6.07, 6.45) is 0.907. The van der Waals surface area contributed by atoms with Crippen molar-refractivity contribution in [2.24, 2.45) is 4.99 Å². The van der Waals surface area contributed by atoms with Crippen molar-refractivity contribution >= 4 is 5.96 Å². The lowest BCUT2D eigenvalue weighted by Crippen LogP contribution is -2.50. The second-order valence-electron chi connectivity index (χ2n) is 7.53. The summed E-state index contributed by atoms with van der Waals surface area (Å²) < 4.78 is 5.48. The fourth-order valence-electron chi connectivity index (χ4n) is 3.62. The van der Waals surface area contributed by atoms with Crippen molar-refractivity contribution in [2.75, 3.05) is 59.5 Å². The molecule has 2 N–H and O–H groups in total. The van der Waals surface area contributed by atoms with Crippen molar-refractivity contribution in [2.45, 2.75) is 40.2 Å². The summed E-state index contributed by atoms with van der Waals surface area (Å²) in [4.78, 5) is 9.89. The van der Waals surface area contributed by atoms with Gasteiger partial charge in [-0.2, -0.15) is 0 Å². The van der Waals surface area contributed by atoms with E-state index in [1.807, 2.05) is 6.07 Å². The number of rotatable bonds is 9. The van der Waals surface area contributed by atoms with Gasteiger partial charge in [0.2, 0.25) is 0 Å². The van der Waals surface area contributed by atoms with Crippen molar-refractivity contribution < 1.29 is 4.74 Å². The number of aliphatic imine (C=N–C) groups is 1. The van der Waals surface area contributed by atoms with Crippen LogP contribution in [0.4, 0.5) is 0 Å². The topological polar surface area (TPSA) is 52.1 Å². The molecule has 0 saturated carbocycles. The van der Waals surface area contributed by atoms with E-state index in [2.05, 4.69) is 60.3 Å².